The molecule has 29 heavy (non-hydrogen) atoms. The van der Waals surface area contributed by atoms with E-state index in [4.69, 9.17) is 31.7 Å². The summed E-state index contributed by atoms with van der Waals surface area (Å²) in [5, 5.41) is 7.82. The van der Waals surface area contributed by atoms with Gasteiger partial charge in [-0.15, -0.1) is 0 Å². The van der Waals surface area contributed by atoms with E-state index in [0.29, 0.717) is 16.5 Å². The Morgan fingerprint density at radius 2 is 1.83 bits per heavy atom. The zero-order valence-corrected chi connectivity index (χ0v) is 16.5. The summed E-state index contributed by atoms with van der Waals surface area (Å²) < 4.78 is 37.6. The molecule has 2 aromatic rings. The minimum absolute atomic E-state index is 0.422. The maximum atomic E-state index is 10.6. The van der Waals surface area contributed by atoms with Crippen molar-refractivity contribution in [3.8, 4) is 0 Å². The van der Waals surface area contributed by atoms with Crippen LogP contribution < -0.4 is 10.6 Å². The molecule has 2 fully saturated rings. The van der Waals surface area contributed by atoms with Gasteiger partial charge >= 0.3 is 12.1 Å². The maximum Gasteiger partial charge on any atom is 0.490 e. The molecule has 1 aliphatic heterocycles. The van der Waals surface area contributed by atoms with E-state index in [9.17, 15) is 13.2 Å². The summed E-state index contributed by atoms with van der Waals surface area (Å²) in [6.45, 7) is 2.05. The number of oxazole rings is 1. The van der Waals surface area contributed by atoms with Gasteiger partial charge in [-0.05, 0) is 62.1 Å². The number of hydrogen-bond donors (Lipinski definition) is 2. The average molecular weight is 434 g/mol. The van der Waals surface area contributed by atoms with Gasteiger partial charge in [-0.1, -0.05) is 11.6 Å². The van der Waals surface area contributed by atoms with Gasteiger partial charge in [-0.25, -0.2) is 4.79 Å². The van der Waals surface area contributed by atoms with Crippen molar-refractivity contribution in [3.05, 3.63) is 23.2 Å². The molecule has 4 rings (SSSR count). The first kappa shape index (κ1) is 21.7. The van der Waals surface area contributed by atoms with E-state index < -0.39 is 12.1 Å². The van der Waals surface area contributed by atoms with Crippen LogP contribution in [0.4, 0.5) is 19.2 Å². The van der Waals surface area contributed by atoms with Gasteiger partial charge < -0.3 is 20.2 Å². The SMILES string of the molecule is NC1CCC2(CC1)CCN(c1nc3cc(Cl)ccc3o1)CC2.O=C(O)C(F)(F)F. The van der Waals surface area contributed by atoms with E-state index in [1.54, 1.807) is 0 Å². The Balaban J connectivity index is 0.000000298. The smallest absolute Gasteiger partial charge is 0.475 e. The molecular weight excluding hydrogens is 411 g/mol. The summed E-state index contributed by atoms with van der Waals surface area (Å²) in [5.74, 6) is -2.76. The third-order valence-electron chi connectivity index (χ3n) is 5.77. The van der Waals surface area contributed by atoms with E-state index in [2.05, 4.69) is 9.88 Å². The summed E-state index contributed by atoms with van der Waals surface area (Å²) in [6, 6.07) is 6.75. The highest BCUT2D eigenvalue weighted by atomic mass is 35.5. The molecule has 1 saturated heterocycles. The second-order valence-corrected chi connectivity index (χ2v) is 8.17. The molecule has 10 heteroatoms. The summed E-state index contributed by atoms with van der Waals surface area (Å²) in [5.41, 5.74) is 8.22. The fourth-order valence-corrected chi connectivity index (χ4v) is 4.11. The minimum atomic E-state index is -5.08. The van der Waals surface area contributed by atoms with Gasteiger partial charge in [0, 0.05) is 24.2 Å². The van der Waals surface area contributed by atoms with E-state index in [-0.39, 0.29) is 0 Å². The molecule has 0 radical (unpaired) electrons. The van der Waals surface area contributed by atoms with E-state index >= 15 is 0 Å². The molecule has 2 aliphatic rings. The number of carbonyl (C=O) groups is 1. The standard InChI is InChI=1S/C17H22ClN3O.C2HF3O2/c18-12-1-2-15-14(11-12)20-16(22-15)21-9-7-17(8-10-21)5-3-13(19)4-6-17;3-2(4,5)1(6)7/h1-2,11,13H,3-10,19H2;(H,6,7). The number of carboxylic acids is 1. The highest BCUT2D eigenvalue weighted by Gasteiger charge is 2.39. The van der Waals surface area contributed by atoms with Crippen molar-refractivity contribution >= 4 is 34.7 Å². The number of alkyl halides is 3. The zero-order valence-electron chi connectivity index (χ0n) is 15.7. The first-order valence-electron chi connectivity index (χ1n) is 9.45. The third kappa shape index (κ3) is 5.33. The highest BCUT2D eigenvalue weighted by molar-refractivity contribution is 6.31. The van der Waals surface area contributed by atoms with Crippen molar-refractivity contribution < 1.29 is 27.5 Å². The Hall–Kier alpha value is -2.00. The number of carboxylic acid groups (broad SMARTS) is 1. The van der Waals surface area contributed by atoms with Gasteiger partial charge in [0.1, 0.15) is 5.52 Å². The molecule has 2 heterocycles. The number of halogens is 4. The second-order valence-electron chi connectivity index (χ2n) is 7.74. The van der Waals surface area contributed by atoms with Gasteiger partial charge in [0.05, 0.1) is 0 Å². The van der Waals surface area contributed by atoms with Crippen LogP contribution in [0, 0.1) is 5.41 Å². The van der Waals surface area contributed by atoms with Crippen LogP contribution in [-0.4, -0.2) is 41.4 Å². The van der Waals surface area contributed by atoms with Crippen LogP contribution in [0.15, 0.2) is 22.6 Å². The molecule has 0 amide bonds. The third-order valence-corrected chi connectivity index (χ3v) is 6.00. The molecular formula is C19H23ClF3N3O3. The summed E-state index contributed by atoms with van der Waals surface area (Å²) in [7, 11) is 0. The van der Waals surface area contributed by atoms with Crippen molar-refractivity contribution in [1.82, 2.24) is 4.98 Å². The molecule has 160 valence electrons. The van der Waals surface area contributed by atoms with Crippen LogP contribution in [0.2, 0.25) is 5.02 Å². The molecule has 1 saturated carbocycles. The number of aromatic nitrogens is 1. The van der Waals surface area contributed by atoms with Crippen LogP contribution in [0.1, 0.15) is 38.5 Å². The number of aliphatic carboxylic acids is 1. The number of fused-ring (bicyclic) bond motifs is 1. The number of nitrogens with two attached hydrogens (primary N) is 1. The number of hydrogen-bond acceptors (Lipinski definition) is 5. The van der Waals surface area contributed by atoms with E-state index in [1.165, 1.54) is 38.5 Å². The maximum absolute atomic E-state index is 10.6. The fraction of sp³-hybridized carbons (Fsp3) is 0.579. The second kappa shape index (κ2) is 8.39. The Labute approximate surface area is 170 Å². The predicted octanol–water partition coefficient (Wildman–Crippen LogP) is 4.60. The first-order valence-corrected chi connectivity index (χ1v) is 9.83. The average Bonchev–Trinajstić information content (AvgIpc) is 3.08. The van der Waals surface area contributed by atoms with Gasteiger partial charge in [0.25, 0.3) is 6.01 Å². The largest absolute Gasteiger partial charge is 0.490 e. The number of rotatable bonds is 1. The Morgan fingerprint density at radius 3 is 2.38 bits per heavy atom. The lowest BCUT2D eigenvalue weighted by Crippen LogP contribution is -2.43. The van der Waals surface area contributed by atoms with Crippen molar-refractivity contribution in [3.63, 3.8) is 0 Å². The van der Waals surface area contributed by atoms with Crippen molar-refractivity contribution in [2.24, 2.45) is 11.1 Å². The summed E-state index contributed by atoms with van der Waals surface area (Å²) in [4.78, 5) is 15.8. The lowest BCUT2D eigenvalue weighted by molar-refractivity contribution is -0.192. The number of benzene rings is 1. The van der Waals surface area contributed by atoms with Gasteiger partial charge in [-0.3, -0.25) is 0 Å². The Morgan fingerprint density at radius 1 is 1.24 bits per heavy atom. The van der Waals surface area contributed by atoms with Crippen LogP contribution >= 0.6 is 11.6 Å². The first-order chi connectivity index (χ1) is 13.6. The quantitative estimate of drug-likeness (QED) is 0.682. The topological polar surface area (TPSA) is 92.6 Å². The number of anilines is 1. The van der Waals surface area contributed by atoms with E-state index in [0.717, 1.165) is 30.2 Å². The molecule has 0 unspecified atom stereocenters. The fourth-order valence-electron chi connectivity index (χ4n) is 3.95. The monoisotopic (exact) mass is 433 g/mol. The van der Waals surface area contributed by atoms with Crippen LogP contribution in [-0.2, 0) is 4.79 Å². The molecule has 1 aliphatic carbocycles. The Bertz CT molecular complexity index is 853. The normalized spacial score (nSPS) is 19.8. The lowest BCUT2D eigenvalue weighted by Gasteiger charge is -2.45. The van der Waals surface area contributed by atoms with Gasteiger partial charge in [0.2, 0.25) is 0 Å². The van der Waals surface area contributed by atoms with Crippen molar-refractivity contribution in [1.29, 1.82) is 0 Å². The molecule has 1 aromatic carbocycles. The molecule has 1 aromatic heterocycles. The molecule has 0 bridgehead atoms. The minimum Gasteiger partial charge on any atom is -0.475 e. The molecule has 1 spiro atoms. The van der Waals surface area contributed by atoms with Gasteiger partial charge in [0.15, 0.2) is 5.58 Å². The van der Waals surface area contributed by atoms with Crippen LogP contribution in [0.3, 0.4) is 0 Å². The highest BCUT2D eigenvalue weighted by Crippen LogP contribution is 2.45. The van der Waals surface area contributed by atoms with Crippen LogP contribution in [0.5, 0.6) is 0 Å². The van der Waals surface area contributed by atoms with Crippen LogP contribution in [0.25, 0.3) is 11.1 Å². The van der Waals surface area contributed by atoms with E-state index in [1.807, 2.05) is 18.2 Å². The summed E-state index contributed by atoms with van der Waals surface area (Å²) in [6.07, 6.45) is 2.29. The molecule has 3 N–H and O–H groups in total. The molecule has 0 atom stereocenters. The predicted molar refractivity (Wildman–Crippen MR) is 103 cm³/mol. The number of piperidine rings is 1. The van der Waals surface area contributed by atoms with Crippen molar-refractivity contribution in [2.45, 2.75) is 50.7 Å². The number of nitrogens with zero attached hydrogens (tertiary/aromatic N) is 2. The zero-order chi connectivity index (χ0) is 21.2. The van der Waals surface area contributed by atoms with Gasteiger partial charge in [-0.2, -0.15) is 18.2 Å². The summed E-state index contributed by atoms with van der Waals surface area (Å²) >= 11 is 6.02. The lowest BCUT2D eigenvalue weighted by atomic mass is 9.67. The molecule has 6 nitrogen and oxygen atoms in total. The van der Waals surface area contributed by atoms with Crippen molar-refractivity contribution in [2.75, 3.05) is 18.0 Å². The Kier molecular flexibility index (Phi) is 6.28.